The van der Waals surface area contributed by atoms with Crippen LogP contribution in [0.25, 0.3) is 0 Å². The zero-order valence-corrected chi connectivity index (χ0v) is 11.6. The van der Waals surface area contributed by atoms with E-state index in [0.29, 0.717) is 12.1 Å². The Bertz CT molecular complexity index is 542. The topological polar surface area (TPSA) is 29.3 Å². The Hall–Kier alpha value is -1.10. The highest BCUT2D eigenvalue weighted by molar-refractivity contribution is 7.16. The van der Waals surface area contributed by atoms with Gasteiger partial charge in [-0.2, -0.15) is 0 Å². The van der Waals surface area contributed by atoms with Gasteiger partial charge in [-0.25, -0.2) is 4.39 Å². The predicted octanol–water partition coefficient (Wildman–Crippen LogP) is 3.64. The molecule has 0 aliphatic carbocycles. The molecule has 0 bridgehead atoms. The largest absolute Gasteiger partial charge is 0.369 e. The summed E-state index contributed by atoms with van der Waals surface area (Å²) in [5.74, 6) is -0.258. The molecule has 0 saturated heterocycles. The van der Waals surface area contributed by atoms with Crippen molar-refractivity contribution < 1.29 is 4.39 Å². The summed E-state index contributed by atoms with van der Waals surface area (Å²) in [6.45, 7) is 0.926. The molecule has 0 amide bonds. The number of rotatable bonds is 4. The average molecular weight is 285 g/mol. The van der Waals surface area contributed by atoms with Crippen LogP contribution in [0.2, 0.25) is 4.34 Å². The minimum absolute atomic E-state index is 0.219. The van der Waals surface area contributed by atoms with E-state index >= 15 is 0 Å². The van der Waals surface area contributed by atoms with Crippen LogP contribution in [0.1, 0.15) is 10.4 Å². The Labute approximate surface area is 115 Å². The molecular formula is C13H14ClFN2S. The molecule has 2 aromatic rings. The van der Waals surface area contributed by atoms with Crippen LogP contribution in [0.4, 0.5) is 10.1 Å². The van der Waals surface area contributed by atoms with Crippen LogP contribution in [0.5, 0.6) is 0 Å². The molecule has 5 heteroatoms. The number of hydrogen-bond acceptors (Lipinski definition) is 3. The SMILES string of the molecule is CN(Cc1ccc(Cl)s1)c1ccc(CN)c(F)c1. The quantitative estimate of drug-likeness (QED) is 0.929. The van der Waals surface area contributed by atoms with Crippen molar-refractivity contribution >= 4 is 28.6 Å². The fourth-order valence-corrected chi connectivity index (χ4v) is 2.84. The first kappa shape index (κ1) is 13.3. The van der Waals surface area contributed by atoms with E-state index in [1.807, 2.05) is 30.1 Å². The van der Waals surface area contributed by atoms with E-state index in [4.69, 9.17) is 17.3 Å². The first-order valence-corrected chi connectivity index (χ1v) is 6.73. The minimum atomic E-state index is -0.258. The fraction of sp³-hybridized carbons (Fsp3) is 0.231. The van der Waals surface area contributed by atoms with Crippen LogP contribution >= 0.6 is 22.9 Å². The first-order chi connectivity index (χ1) is 8.60. The van der Waals surface area contributed by atoms with Crippen LogP contribution in [0, 0.1) is 5.82 Å². The maximum atomic E-state index is 13.6. The van der Waals surface area contributed by atoms with Crippen molar-refractivity contribution in [3.63, 3.8) is 0 Å². The van der Waals surface area contributed by atoms with Crippen molar-refractivity contribution in [1.82, 2.24) is 0 Å². The summed E-state index contributed by atoms with van der Waals surface area (Å²) in [5.41, 5.74) is 6.80. The Morgan fingerprint density at radius 2 is 2.11 bits per heavy atom. The lowest BCUT2D eigenvalue weighted by Gasteiger charge is -2.19. The highest BCUT2D eigenvalue weighted by Gasteiger charge is 2.07. The lowest BCUT2D eigenvalue weighted by molar-refractivity contribution is 0.610. The van der Waals surface area contributed by atoms with Crippen molar-refractivity contribution in [2.24, 2.45) is 5.73 Å². The van der Waals surface area contributed by atoms with Crippen LogP contribution in [0.3, 0.4) is 0 Å². The molecule has 18 heavy (non-hydrogen) atoms. The second-order valence-electron chi connectivity index (χ2n) is 4.04. The van der Waals surface area contributed by atoms with Gasteiger partial charge in [0.25, 0.3) is 0 Å². The van der Waals surface area contributed by atoms with Crippen molar-refractivity contribution in [3.05, 3.63) is 50.9 Å². The second kappa shape index (κ2) is 5.69. The van der Waals surface area contributed by atoms with E-state index < -0.39 is 0 Å². The number of anilines is 1. The average Bonchev–Trinajstić information content (AvgIpc) is 2.74. The van der Waals surface area contributed by atoms with Gasteiger partial charge in [0.05, 0.1) is 10.9 Å². The fourth-order valence-electron chi connectivity index (χ4n) is 1.70. The van der Waals surface area contributed by atoms with Gasteiger partial charge in [-0.3, -0.25) is 0 Å². The van der Waals surface area contributed by atoms with E-state index in [1.165, 1.54) is 17.4 Å². The Balaban J connectivity index is 2.13. The van der Waals surface area contributed by atoms with E-state index in [-0.39, 0.29) is 12.4 Å². The molecule has 0 aliphatic heterocycles. The Morgan fingerprint density at radius 1 is 1.33 bits per heavy atom. The molecular weight excluding hydrogens is 271 g/mol. The number of benzene rings is 1. The third-order valence-corrected chi connectivity index (χ3v) is 3.94. The molecule has 2 N–H and O–H groups in total. The molecule has 0 unspecified atom stereocenters. The lowest BCUT2D eigenvalue weighted by atomic mass is 10.2. The predicted molar refractivity (Wildman–Crippen MR) is 75.7 cm³/mol. The van der Waals surface area contributed by atoms with Crippen molar-refractivity contribution in [3.8, 4) is 0 Å². The number of thiophene rings is 1. The molecule has 2 rings (SSSR count). The number of hydrogen-bond donors (Lipinski definition) is 1. The van der Waals surface area contributed by atoms with E-state index in [2.05, 4.69) is 0 Å². The van der Waals surface area contributed by atoms with Crippen molar-refractivity contribution in [1.29, 1.82) is 0 Å². The summed E-state index contributed by atoms with van der Waals surface area (Å²) in [6, 6.07) is 8.96. The summed E-state index contributed by atoms with van der Waals surface area (Å²) in [5, 5.41) is 0. The number of halogens is 2. The van der Waals surface area contributed by atoms with Gasteiger partial charge in [0.2, 0.25) is 0 Å². The Kier molecular flexibility index (Phi) is 4.22. The molecule has 0 fully saturated rings. The molecule has 1 aromatic heterocycles. The maximum absolute atomic E-state index is 13.6. The van der Waals surface area contributed by atoms with Gasteiger partial charge in [0.1, 0.15) is 5.82 Å². The molecule has 0 spiro atoms. The van der Waals surface area contributed by atoms with Crippen molar-refractivity contribution in [2.45, 2.75) is 13.1 Å². The highest BCUT2D eigenvalue weighted by atomic mass is 35.5. The highest BCUT2D eigenvalue weighted by Crippen LogP contribution is 2.25. The zero-order chi connectivity index (χ0) is 13.1. The summed E-state index contributed by atoms with van der Waals surface area (Å²) >= 11 is 7.41. The van der Waals surface area contributed by atoms with Crippen LogP contribution in [-0.4, -0.2) is 7.05 Å². The summed E-state index contributed by atoms with van der Waals surface area (Å²) < 4.78 is 14.4. The molecule has 2 nitrogen and oxygen atoms in total. The number of nitrogens with zero attached hydrogens (tertiary/aromatic N) is 1. The zero-order valence-electron chi connectivity index (χ0n) is 9.99. The summed E-state index contributed by atoms with van der Waals surface area (Å²) in [4.78, 5) is 3.12. The summed E-state index contributed by atoms with van der Waals surface area (Å²) in [6.07, 6.45) is 0. The molecule has 1 heterocycles. The molecule has 0 radical (unpaired) electrons. The van der Waals surface area contributed by atoms with Crippen molar-refractivity contribution in [2.75, 3.05) is 11.9 Å². The van der Waals surface area contributed by atoms with Gasteiger partial charge >= 0.3 is 0 Å². The third kappa shape index (κ3) is 3.02. The maximum Gasteiger partial charge on any atom is 0.129 e. The van der Waals surface area contributed by atoms with Gasteiger partial charge in [0.15, 0.2) is 0 Å². The van der Waals surface area contributed by atoms with Crippen LogP contribution < -0.4 is 10.6 Å². The van der Waals surface area contributed by atoms with E-state index in [1.54, 1.807) is 6.07 Å². The monoisotopic (exact) mass is 284 g/mol. The number of nitrogens with two attached hydrogens (primary N) is 1. The van der Waals surface area contributed by atoms with Gasteiger partial charge in [-0.05, 0) is 24.3 Å². The molecule has 0 saturated carbocycles. The normalized spacial score (nSPS) is 10.7. The van der Waals surface area contributed by atoms with Gasteiger partial charge in [-0.1, -0.05) is 17.7 Å². The second-order valence-corrected chi connectivity index (χ2v) is 5.84. The lowest BCUT2D eigenvalue weighted by Crippen LogP contribution is -2.16. The van der Waals surface area contributed by atoms with E-state index in [9.17, 15) is 4.39 Å². The van der Waals surface area contributed by atoms with Gasteiger partial charge in [0, 0.05) is 29.7 Å². The molecule has 0 atom stereocenters. The smallest absolute Gasteiger partial charge is 0.129 e. The first-order valence-electron chi connectivity index (χ1n) is 5.54. The van der Waals surface area contributed by atoms with Gasteiger partial charge in [-0.15, -0.1) is 11.3 Å². The summed E-state index contributed by atoms with van der Waals surface area (Å²) in [7, 11) is 1.92. The molecule has 96 valence electrons. The van der Waals surface area contributed by atoms with Crippen LogP contribution in [-0.2, 0) is 13.1 Å². The Morgan fingerprint density at radius 3 is 2.67 bits per heavy atom. The molecule has 1 aromatic carbocycles. The molecule has 0 aliphatic rings. The third-order valence-electron chi connectivity index (χ3n) is 2.72. The minimum Gasteiger partial charge on any atom is -0.369 e. The van der Waals surface area contributed by atoms with Gasteiger partial charge < -0.3 is 10.6 Å². The standard InChI is InChI=1S/C13H14ClFN2S/c1-17(8-11-4-5-13(14)18-11)10-3-2-9(7-16)12(15)6-10/h2-6H,7-8,16H2,1H3. The van der Waals surface area contributed by atoms with Crippen LogP contribution in [0.15, 0.2) is 30.3 Å². The van der Waals surface area contributed by atoms with E-state index in [0.717, 1.165) is 14.9 Å².